The lowest BCUT2D eigenvalue weighted by atomic mass is 10.2. The number of ether oxygens (including phenoxy) is 2. The van der Waals surface area contributed by atoms with Crippen molar-refractivity contribution < 1.29 is 9.47 Å². The van der Waals surface area contributed by atoms with Gasteiger partial charge in [-0.25, -0.2) is 0 Å². The molecule has 0 aromatic heterocycles. The fourth-order valence-corrected chi connectivity index (χ4v) is 1.34. The molecule has 0 saturated heterocycles. The van der Waals surface area contributed by atoms with Crippen molar-refractivity contribution in [1.29, 1.82) is 0 Å². The third-order valence-electron chi connectivity index (χ3n) is 2.18. The zero-order valence-electron chi connectivity index (χ0n) is 10.6. The van der Waals surface area contributed by atoms with E-state index in [9.17, 15) is 0 Å². The number of methoxy groups -OCH3 is 1. The second-order valence-electron chi connectivity index (χ2n) is 4.08. The van der Waals surface area contributed by atoms with E-state index in [1.54, 1.807) is 7.11 Å². The summed E-state index contributed by atoms with van der Waals surface area (Å²) in [4.78, 5) is 0. The van der Waals surface area contributed by atoms with Gasteiger partial charge in [-0.1, -0.05) is 12.8 Å². The summed E-state index contributed by atoms with van der Waals surface area (Å²) < 4.78 is 10.4. The van der Waals surface area contributed by atoms with Crippen LogP contribution in [-0.2, 0) is 9.47 Å². The van der Waals surface area contributed by atoms with Gasteiger partial charge >= 0.3 is 0 Å². The predicted molar refractivity (Wildman–Crippen MR) is 64.3 cm³/mol. The van der Waals surface area contributed by atoms with Crippen LogP contribution in [-0.4, -0.2) is 39.5 Å². The number of hydrogen-bond donors (Lipinski definition) is 1. The molecule has 0 aromatic carbocycles. The van der Waals surface area contributed by atoms with Crippen molar-refractivity contribution in [3.05, 3.63) is 0 Å². The molecule has 0 radical (unpaired) electrons. The number of hydrogen-bond acceptors (Lipinski definition) is 3. The van der Waals surface area contributed by atoms with Crippen LogP contribution in [0.25, 0.3) is 0 Å². The fourth-order valence-electron chi connectivity index (χ4n) is 1.34. The molecular formula is C12H27NO2. The first-order chi connectivity index (χ1) is 7.27. The van der Waals surface area contributed by atoms with Crippen LogP contribution < -0.4 is 5.32 Å². The van der Waals surface area contributed by atoms with E-state index in [4.69, 9.17) is 9.47 Å². The number of rotatable bonds is 11. The lowest BCUT2D eigenvalue weighted by molar-refractivity contribution is 0.0809. The van der Waals surface area contributed by atoms with E-state index >= 15 is 0 Å². The summed E-state index contributed by atoms with van der Waals surface area (Å²) in [5.41, 5.74) is 0. The molecule has 92 valence electrons. The summed E-state index contributed by atoms with van der Waals surface area (Å²) in [6.07, 6.45) is 5.36. The Morgan fingerprint density at radius 2 is 1.67 bits per heavy atom. The summed E-state index contributed by atoms with van der Waals surface area (Å²) >= 11 is 0. The molecular weight excluding hydrogens is 190 g/mol. The topological polar surface area (TPSA) is 30.5 Å². The fraction of sp³-hybridized carbons (Fsp3) is 1.00. The Balaban J connectivity index is 2.87. The second kappa shape index (κ2) is 12.0. The lowest BCUT2D eigenvalue weighted by Gasteiger charge is -2.08. The smallest absolute Gasteiger partial charge is 0.0594 e. The first-order valence-electron chi connectivity index (χ1n) is 6.08. The molecule has 0 fully saturated rings. The molecule has 0 aliphatic carbocycles. The average molecular weight is 217 g/mol. The highest BCUT2D eigenvalue weighted by Gasteiger charge is 1.93. The van der Waals surface area contributed by atoms with Crippen LogP contribution in [0.1, 0.15) is 39.5 Å². The Labute approximate surface area is 94.5 Å². The average Bonchev–Trinajstić information content (AvgIpc) is 2.20. The lowest BCUT2D eigenvalue weighted by Crippen LogP contribution is -2.22. The molecule has 0 aliphatic heterocycles. The Morgan fingerprint density at radius 1 is 0.933 bits per heavy atom. The molecule has 0 saturated carbocycles. The number of unbranched alkanes of at least 4 members (excludes halogenated alkanes) is 3. The molecule has 0 spiro atoms. The second-order valence-corrected chi connectivity index (χ2v) is 4.08. The Kier molecular flexibility index (Phi) is 11.9. The van der Waals surface area contributed by atoms with Gasteiger partial charge in [0.25, 0.3) is 0 Å². The van der Waals surface area contributed by atoms with Crippen LogP contribution in [0.2, 0.25) is 0 Å². The van der Waals surface area contributed by atoms with Crippen LogP contribution in [0.15, 0.2) is 0 Å². The van der Waals surface area contributed by atoms with Crippen molar-refractivity contribution in [3.8, 4) is 0 Å². The number of nitrogens with one attached hydrogen (secondary N) is 1. The summed E-state index contributed by atoms with van der Waals surface area (Å²) in [6.45, 7) is 7.92. The molecule has 0 heterocycles. The zero-order chi connectivity index (χ0) is 11.4. The van der Waals surface area contributed by atoms with Gasteiger partial charge in [-0.05, 0) is 33.2 Å². The summed E-state index contributed by atoms with van der Waals surface area (Å²) in [6, 6.07) is 0. The van der Waals surface area contributed by atoms with Gasteiger partial charge in [-0.2, -0.15) is 0 Å². The van der Waals surface area contributed by atoms with Gasteiger partial charge in [0, 0.05) is 20.3 Å². The first-order valence-corrected chi connectivity index (χ1v) is 6.08. The highest BCUT2D eigenvalue weighted by molar-refractivity contribution is 4.49. The molecule has 3 nitrogen and oxygen atoms in total. The van der Waals surface area contributed by atoms with Crippen molar-refractivity contribution in [2.24, 2.45) is 0 Å². The third kappa shape index (κ3) is 13.9. The van der Waals surface area contributed by atoms with Gasteiger partial charge < -0.3 is 14.8 Å². The summed E-state index contributed by atoms with van der Waals surface area (Å²) in [5, 5.41) is 3.38. The minimum atomic E-state index is 0.348. The van der Waals surface area contributed by atoms with E-state index < -0.39 is 0 Å². The minimum absolute atomic E-state index is 0.348. The van der Waals surface area contributed by atoms with Gasteiger partial charge in [0.2, 0.25) is 0 Å². The Bertz CT molecular complexity index is 118. The largest absolute Gasteiger partial charge is 0.385 e. The molecule has 0 atom stereocenters. The molecule has 0 aromatic rings. The standard InChI is InChI=1S/C12H27NO2/c1-12(2)15-11-9-13-8-6-4-5-7-10-14-3/h12-13H,4-11H2,1-3H3. The zero-order valence-corrected chi connectivity index (χ0v) is 10.6. The minimum Gasteiger partial charge on any atom is -0.385 e. The summed E-state index contributed by atoms with van der Waals surface area (Å²) in [7, 11) is 1.76. The molecule has 0 rings (SSSR count). The molecule has 3 heteroatoms. The first kappa shape index (κ1) is 14.9. The van der Waals surface area contributed by atoms with E-state index in [0.717, 1.165) is 26.3 Å². The van der Waals surface area contributed by atoms with Gasteiger partial charge in [0.15, 0.2) is 0 Å². The van der Waals surface area contributed by atoms with E-state index in [0.29, 0.717) is 6.10 Å². The molecule has 0 bridgehead atoms. The highest BCUT2D eigenvalue weighted by atomic mass is 16.5. The van der Waals surface area contributed by atoms with E-state index in [1.807, 2.05) is 0 Å². The van der Waals surface area contributed by atoms with Crippen molar-refractivity contribution in [2.75, 3.05) is 33.4 Å². The quantitative estimate of drug-likeness (QED) is 0.538. The van der Waals surface area contributed by atoms with Crippen LogP contribution >= 0.6 is 0 Å². The summed E-state index contributed by atoms with van der Waals surface area (Å²) in [5.74, 6) is 0. The maximum absolute atomic E-state index is 5.42. The highest BCUT2D eigenvalue weighted by Crippen LogP contribution is 1.98. The monoisotopic (exact) mass is 217 g/mol. The maximum Gasteiger partial charge on any atom is 0.0594 e. The van der Waals surface area contributed by atoms with Gasteiger partial charge in [0.05, 0.1) is 12.7 Å². The Morgan fingerprint density at radius 3 is 2.33 bits per heavy atom. The van der Waals surface area contributed by atoms with Crippen molar-refractivity contribution in [2.45, 2.75) is 45.6 Å². The van der Waals surface area contributed by atoms with E-state index in [2.05, 4.69) is 19.2 Å². The van der Waals surface area contributed by atoms with Crippen molar-refractivity contribution in [3.63, 3.8) is 0 Å². The molecule has 0 aliphatic rings. The van der Waals surface area contributed by atoms with E-state index in [1.165, 1.54) is 25.7 Å². The predicted octanol–water partition coefficient (Wildman–Crippen LogP) is 2.21. The van der Waals surface area contributed by atoms with Crippen molar-refractivity contribution in [1.82, 2.24) is 5.32 Å². The maximum atomic E-state index is 5.42. The molecule has 0 amide bonds. The Hall–Kier alpha value is -0.120. The van der Waals surface area contributed by atoms with Gasteiger partial charge in [-0.3, -0.25) is 0 Å². The third-order valence-corrected chi connectivity index (χ3v) is 2.18. The van der Waals surface area contributed by atoms with Crippen LogP contribution in [0.4, 0.5) is 0 Å². The normalized spacial score (nSPS) is 11.2. The molecule has 1 N–H and O–H groups in total. The van der Waals surface area contributed by atoms with Gasteiger partial charge in [0.1, 0.15) is 0 Å². The molecule has 15 heavy (non-hydrogen) atoms. The van der Waals surface area contributed by atoms with Crippen LogP contribution in [0.3, 0.4) is 0 Å². The molecule has 0 unspecified atom stereocenters. The van der Waals surface area contributed by atoms with Gasteiger partial charge in [-0.15, -0.1) is 0 Å². The van der Waals surface area contributed by atoms with Crippen molar-refractivity contribution >= 4 is 0 Å². The SMILES string of the molecule is COCCCCCCNCCOC(C)C. The van der Waals surface area contributed by atoms with E-state index in [-0.39, 0.29) is 0 Å². The van der Waals surface area contributed by atoms with Crippen LogP contribution in [0, 0.1) is 0 Å². The van der Waals surface area contributed by atoms with Crippen LogP contribution in [0.5, 0.6) is 0 Å².